The quantitative estimate of drug-likeness (QED) is 0.712. The lowest BCUT2D eigenvalue weighted by Crippen LogP contribution is -2.12. The second kappa shape index (κ2) is 6.96. The van der Waals surface area contributed by atoms with E-state index < -0.39 is 6.09 Å². The Hall–Kier alpha value is -3.48. The predicted molar refractivity (Wildman–Crippen MR) is 95.9 cm³/mol. The first-order valence-corrected chi connectivity index (χ1v) is 7.56. The molecule has 0 spiro atoms. The minimum absolute atomic E-state index is 0.349. The molecule has 25 heavy (non-hydrogen) atoms. The molecule has 0 saturated carbocycles. The summed E-state index contributed by atoms with van der Waals surface area (Å²) in [5.41, 5.74) is 11.1. The Morgan fingerprint density at radius 3 is 2.72 bits per heavy atom. The molecule has 0 radical (unpaired) electrons. The van der Waals surface area contributed by atoms with Gasteiger partial charge >= 0.3 is 6.09 Å². The van der Waals surface area contributed by atoms with Crippen molar-refractivity contribution >= 4 is 17.6 Å². The maximum atomic E-state index is 11.3. The van der Waals surface area contributed by atoms with Crippen LogP contribution in [0.25, 0.3) is 22.4 Å². The molecule has 3 aromatic rings. The lowest BCUT2D eigenvalue weighted by molar-refractivity contribution is 0.187. The highest BCUT2D eigenvalue weighted by atomic mass is 16.5. The summed E-state index contributed by atoms with van der Waals surface area (Å²) in [6.07, 6.45) is 4.26. The summed E-state index contributed by atoms with van der Waals surface area (Å²) in [6.45, 7) is 2.02. The zero-order chi connectivity index (χ0) is 17.8. The van der Waals surface area contributed by atoms with Gasteiger partial charge in [-0.2, -0.15) is 0 Å². The molecule has 126 valence electrons. The van der Waals surface area contributed by atoms with Crippen molar-refractivity contribution in [2.45, 2.75) is 6.92 Å². The number of aryl methyl sites for hydroxylation is 1. The van der Waals surface area contributed by atoms with Crippen molar-refractivity contribution < 1.29 is 9.53 Å². The average Bonchev–Trinajstić information content (AvgIpc) is 2.64. The van der Waals surface area contributed by atoms with Crippen molar-refractivity contribution in [3.05, 3.63) is 54.6 Å². The van der Waals surface area contributed by atoms with E-state index in [0.717, 1.165) is 22.3 Å². The van der Waals surface area contributed by atoms with Crippen LogP contribution in [-0.4, -0.2) is 28.2 Å². The van der Waals surface area contributed by atoms with Gasteiger partial charge in [-0.3, -0.25) is 10.3 Å². The average molecular weight is 335 g/mol. The third-order valence-corrected chi connectivity index (χ3v) is 3.69. The van der Waals surface area contributed by atoms with Gasteiger partial charge in [-0.1, -0.05) is 6.07 Å². The second-order valence-corrected chi connectivity index (χ2v) is 5.44. The van der Waals surface area contributed by atoms with Crippen LogP contribution in [-0.2, 0) is 4.74 Å². The molecule has 0 aliphatic heterocycles. The molecule has 7 heteroatoms. The molecule has 3 rings (SSSR count). The number of carbonyl (C=O) groups excluding carboxylic acids is 1. The monoisotopic (exact) mass is 335 g/mol. The Morgan fingerprint density at radius 1 is 1.12 bits per heavy atom. The van der Waals surface area contributed by atoms with E-state index in [4.69, 9.17) is 5.73 Å². The van der Waals surface area contributed by atoms with Crippen LogP contribution in [0.15, 0.2) is 49.1 Å². The lowest BCUT2D eigenvalue weighted by atomic mass is 9.99. The minimum Gasteiger partial charge on any atom is -0.453 e. The number of rotatable bonds is 3. The summed E-state index contributed by atoms with van der Waals surface area (Å²) in [5.74, 6) is 0.349. The van der Waals surface area contributed by atoms with E-state index in [0.29, 0.717) is 17.2 Å². The van der Waals surface area contributed by atoms with E-state index in [1.165, 1.54) is 13.4 Å². The van der Waals surface area contributed by atoms with Gasteiger partial charge in [-0.15, -0.1) is 0 Å². The molecule has 0 atom stereocenters. The van der Waals surface area contributed by atoms with Crippen molar-refractivity contribution in [1.29, 1.82) is 0 Å². The molecule has 7 nitrogen and oxygen atoms in total. The molecule has 0 fully saturated rings. The van der Waals surface area contributed by atoms with Crippen LogP contribution in [0.3, 0.4) is 0 Å². The van der Waals surface area contributed by atoms with Crippen molar-refractivity contribution in [2.75, 3.05) is 18.2 Å². The molecule has 2 heterocycles. The maximum Gasteiger partial charge on any atom is 0.412 e. The fourth-order valence-electron chi connectivity index (χ4n) is 2.42. The highest BCUT2D eigenvalue weighted by Gasteiger charge is 2.09. The lowest BCUT2D eigenvalue weighted by Gasteiger charge is -2.09. The Bertz CT molecular complexity index is 927. The third-order valence-electron chi connectivity index (χ3n) is 3.69. The zero-order valence-corrected chi connectivity index (χ0v) is 13.9. The molecule has 0 unspecified atom stereocenters. The predicted octanol–water partition coefficient (Wildman–Crippen LogP) is 3.27. The van der Waals surface area contributed by atoms with Crippen LogP contribution >= 0.6 is 0 Å². The molecule has 1 amide bonds. The highest BCUT2D eigenvalue weighted by molar-refractivity contribution is 5.84. The van der Waals surface area contributed by atoms with Gasteiger partial charge in [0.1, 0.15) is 12.1 Å². The van der Waals surface area contributed by atoms with Crippen molar-refractivity contribution in [2.24, 2.45) is 0 Å². The summed E-state index contributed by atoms with van der Waals surface area (Å²) >= 11 is 0. The third kappa shape index (κ3) is 3.72. The smallest absolute Gasteiger partial charge is 0.412 e. The summed E-state index contributed by atoms with van der Waals surface area (Å²) in [4.78, 5) is 23.9. The summed E-state index contributed by atoms with van der Waals surface area (Å²) < 4.78 is 4.57. The van der Waals surface area contributed by atoms with E-state index in [1.54, 1.807) is 18.5 Å². The molecule has 2 aromatic heterocycles. The number of nitrogens with two attached hydrogens (primary N) is 1. The van der Waals surface area contributed by atoms with E-state index in [-0.39, 0.29) is 0 Å². The number of anilines is 2. The summed E-state index contributed by atoms with van der Waals surface area (Å²) in [7, 11) is 1.29. The van der Waals surface area contributed by atoms with Gasteiger partial charge in [0.15, 0.2) is 0 Å². The number of aromatic nitrogens is 3. The second-order valence-electron chi connectivity index (χ2n) is 5.44. The standard InChI is InChI=1S/C18H17N5O2/c1-11-3-4-14(19)6-15(11)12-5-13(9-20-8-12)16-7-17(22-10-21-16)23-18(24)25-2/h3-10H,19H2,1-2H3,(H,21,22,23,24). The van der Waals surface area contributed by atoms with E-state index >= 15 is 0 Å². The summed E-state index contributed by atoms with van der Waals surface area (Å²) in [6, 6.07) is 9.38. The van der Waals surface area contributed by atoms with E-state index in [1.807, 2.05) is 31.2 Å². The van der Waals surface area contributed by atoms with Gasteiger partial charge in [0, 0.05) is 35.3 Å². The first-order valence-electron chi connectivity index (χ1n) is 7.56. The number of nitrogen functional groups attached to an aromatic ring is 1. The Morgan fingerprint density at radius 2 is 1.92 bits per heavy atom. The topological polar surface area (TPSA) is 103 Å². The van der Waals surface area contributed by atoms with E-state index in [9.17, 15) is 4.79 Å². The van der Waals surface area contributed by atoms with Gasteiger partial charge in [-0.05, 0) is 36.2 Å². The highest BCUT2D eigenvalue weighted by Crippen LogP contribution is 2.28. The Balaban J connectivity index is 1.98. The first-order chi connectivity index (χ1) is 12.1. The molecular weight excluding hydrogens is 318 g/mol. The molecule has 0 saturated heterocycles. The molecule has 0 aliphatic rings. The van der Waals surface area contributed by atoms with Gasteiger partial charge in [0.25, 0.3) is 0 Å². The molecule has 0 aliphatic carbocycles. The van der Waals surface area contributed by atoms with E-state index in [2.05, 4.69) is 25.0 Å². The van der Waals surface area contributed by atoms with Gasteiger partial charge in [0.2, 0.25) is 0 Å². The van der Waals surface area contributed by atoms with Gasteiger partial charge < -0.3 is 10.5 Å². The molecule has 3 N–H and O–H groups in total. The number of nitrogens with one attached hydrogen (secondary N) is 1. The van der Waals surface area contributed by atoms with Crippen LogP contribution in [0.1, 0.15) is 5.56 Å². The first kappa shape index (κ1) is 16.4. The maximum absolute atomic E-state index is 11.3. The van der Waals surface area contributed by atoms with Crippen LogP contribution in [0.5, 0.6) is 0 Å². The Labute approximate surface area is 144 Å². The van der Waals surface area contributed by atoms with Crippen LogP contribution in [0, 0.1) is 6.92 Å². The number of ether oxygens (including phenoxy) is 1. The van der Waals surface area contributed by atoms with Crippen molar-refractivity contribution in [1.82, 2.24) is 15.0 Å². The Kier molecular flexibility index (Phi) is 4.56. The minimum atomic E-state index is -0.591. The number of benzene rings is 1. The van der Waals surface area contributed by atoms with Gasteiger partial charge in [0.05, 0.1) is 12.8 Å². The fraction of sp³-hybridized carbons (Fsp3) is 0.111. The fourth-order valence-corrected chi connectivity index (χ4v) is 2.42. The number of pyridine rings is 1. The number of hydrogen-bond donors (Lipinski definition) is 2. The normalized spacial score (nSPS) is 10.3. The van der Waals surface area contributed by atoms with Crippen molar-refractivity contribution in [3.8, 4) is 22.4 Å². The molecular formula is C18H17N5O2. The number of nitrogens with zero attached hydrogens (tertiary/aromatic N) is 3. The largest absolute Gasteiger partial charge is 0.453 e. The molecule has 1 aromatic carbocycles. The number of hydrogen-bond acceptors (Lipinski definition) is 6. The molecule has 0 bridgehead atoms. The van der Waals surface area contributed by atoms with Gasteiger partial charge in [-0.25, -0.2) is 14.8 Å². The number of carbonyl (C=O) groups is 1. The van der Waals surface area contributed by atoms with Crippen molar-refractivity contribution in [3.63, 3.8) is 0 Å². The summed E-state index contributed by atoms with van der Waals surface area (Å²) in [5, 5.41) is 2.52. The SMILES string of the molecule is COC(=O)Nc1cc(-c2cncc(-c3cc(N)ccc3C)c2)ncn1. The number of methoxy groups -OCH3 is 1. The zero-order valence-electron chi connectivity index (χ0n) is 13.9. The van der Waals surface area contributed by atoms with Crippen LogP contribution < -0.4 is 11.1 Å². The van der Waals surface area contributed by atoms with Crippen LogP contribution in [0.2, 0.25) is 0 Å². The number of amides is 1. The van der Waals surface area contributed by atoms with Crippen LogP contribution in [0.4, 0.5) is 16.3 Å².